The summed E-state index contributed by atoms with van der Waals surface area (Å²) in [4.78, 5) is 11.3. The van der Waals surface area contributed by atoms with E-state index in [-0.39, 0.29) is 12.3 Å². The fraction of sp³-hybridized carbons (Fsp3) is 0.188. The Balaban J connectivity index is 2.37. The topological polar surface area (TPSA) is 54.5 Å². The van der Waals surface area contributed by atoms with Crippen LogP contribution in [0.2, 0.25) is 0 Å². The zero-order valence-electron chi connectivity index (χ0n) is 12.6. The highest BCUT2D eigenvalue weighted by atomic mass is 32.2. The lowest BCUT2D eigenvalue weighted by atomic mass is 10.1. The van der Waals surface area contributed by atoms with Crippen molar-refractivity contribution in [3.63, 3.8) is 0 Å². The van der Waals surface area contributed by atoms with Gasteiger partial charge in [0.1, 0.15) is 0 Å². The second-order valence-corrected chi connectivity index (χ2v) is 7.03. The van der Waals surface area contributed by atoms with Crippen molar-refractivity contribution in [2.45, 2.75) is 13.5 Å². The summed E-state index contributed by atoms with van der Waals surface area (Å²) in [6, 6.07) is 9.25. The van der Waals surface area contributed by atoms with Gasteiger partial charge >= 0.3 is 0 Å². The van der Waals surface area contributed by atoms with Crippen LogP contribution in [0.15, 0.2) is 42.5 Å². The Morgan fingerprint density at radius 2 is 1.65 bits per heavy atom. The van der Waals surface area contributed by atoms with Crippen LogP contribution < -0.4 is 4.31 Å². The molecule has 0 amide bonds. The number of rotatable bonds is 5. The molecule has 0 aliphatic rings. The third-order valence-corrected chi connectivity index (χ3v) is 4.41. The third-order valence-electron chi connectivity index (χ3n) is 3.27. The number of halogens is 2. The first-order valence-corrected chi connectivity index (χ1v) is 8.56. The molecular weight excluding hydrogens is 324 g/mol. The van der Waals surface area contributed by atoms with Crippen molar-refractivity contribution < 1.29 is 22.0 Å². The summed E-state index contributed by atoms with van der Waals surface area (Å²) < 4.78 is 51.3. The standard InChI is InChI=1S/C16H15F2NO3S/c1-11(20)13-4-6-14(7-5-13)19(23(2,21)22)10-12-3-8-15(17)16(18)9-12/h3-9H,10H2,1-2H3. The maximum absolute atomic E-state index is 13.3. The highest BCUT2D eigenvalue weighted by Crippen LogP contribution is 2.22. The lowest BCUT2D eigenvalue weighted by molar-refractivity contribution is 0.101. The molecule has 0 N–H and O–H groups in total. The van der Waals surface area contributed by atoms with Crippen LogP contribution in [0.4, 0.5) is 14.5 Å². The highest BCUT2D eigenvalue weighted by Gasteiger charge is 2.19. The fourth-order valence-corrected chi connectivity index (χ4v) is 2.95. The van der Waals surface area contributed by atoms with Gasteiger partial charge in [-0.2, -0.15) is 0 Å². The van der Waals surface area contributed by atoms with Crippen LogP contribution in [0.1, 0.15) is 22.8 Å². The Hall–Kier alpha value is -2.28. The molecule has 0 unspecified atom stereocenters. The van der Waals surface area contributed by atoms with Gasteiger partial charge in [-0.1, -0.05) is 6.07 Å². The highest BCUT2D eigenvalue weighted by molar-refractivity contribution is 7.92. The molecule has 0 aliphatic heterocycles. The number of benzene rings is 2. The molecule has 0 heterocycles. The number of carbonyl (C=O) groups excluding carboxylic acids is 1. The van der Waals surface area contributed by atoms with Crippen LogP contribution in [-0.2, 0) is 16.6 Å². The van der Waals surface area contributed by atoms with Gasteiger partial charge in [0.15, 0.2) is 17.4 Å². The lowest BCUT2D eigenvalue weighted by Gasteiger charge is -2.22. The summed E-state index contributed by atoms with van der Waals surface area (Å²) in [6.07, 6.45) is 1.02. The second-order valence-electron chi connectivity index (χ2n) is 5.12. The molecule has 7 heteroatoms. The summed E-state index contributed by atoms with van der Waals surface area (Å²) in [6.45, 7) is 1.26. The van der Waals surface area contributed by atoms with E-state index < -0.39 is 21.7 Å². The fourth-order valence-electron chi connectivity index (χ4n) is 2.07. The molecule has 23 heavy (non-hydrogen) atoms. The Labute approximate surface area is 133 Å². The Kier molecular flexibility index (Phi) is 4.79. The summed E-state index contributed by atoms with van der Waals surface area (Å²) in [5, 5.41) is 0. The van der Waals surface area contributed by atoms with Crippen LogP contribution in [0.5, 0.6) is 0 Å². The van der Waals surface area contributed by atoms with Crippen molar-refractivity contribution in [3.05, 3.63) is 65.2 Å². The van der Waals surface area contributed by atoms with E-state index in [0.29, 0.717) is 16.8 Å². The quantitative estimate of drug-likeness (QED) is 0.787. The normalized spacial score (nSPS) is 11.3. The van der Waals surface area contributed by atoms with Gasteiger partial charge < -0.3 is 0 Å². The molecule has 0 aromatic heterocycles. The molecule has 0 spiro atoms. The van der Waals surface area contributed by atoms with Crippen LogP contribution in [-0.4, -0.2) is 20.5 Å². The Bertz CT molecular complexity index is 833. The Morgan fingerprint density at radius 1 is 1.04 bits per heavy atom. The average Bonchev–Trinajstić information content (AvgIpc) is 2.47. The van der Waals surface area contributed by atoms with Gasteiger partial charge in [0.25, 0.3) is 0 Å². The molecule has 4 nitrogen and oxygen atoms in total. The maximum Gasteiger partial charge on any atom is 0.232 e. The van der Waals surface area contributed by atoms with E-state index >= 15 is 0 Å². The number of ketones is 1. The number of anilines is 1. The molecule has 0 bridgehead atoms. The maximum atomic E-state index is 13.3. The van der Waals surface area contributed by atoms with E-state index in [4.69, 9.17) is 0 Å². The van der Waals surface area contributed by atoms with Crippen LogP contribution in [0, 0.1) is 11.6 Å². The summed E-state index contributed by atoms with van der Waals surface area (Å²) in [5.41, 5.74) is 1.10. The predicted molar refractivity (Wildman–Crippen MR) is 83.8 cm³/mol. The largest absolute Gasteiger partial charge is 0.295 e. The zero-order valence-corrected chi connectivity index (χ0v) is 13.4. The molecule has 2 aromatic rings. The minimum Gasteiger partial charge on any atom is -0.295 e. The third kappa shape index (κ3) is 4.13. The van der Waals surface area contributed by atoms with Gasteiger partial charge in [-0.05, 0) is 48.9 Å². The van der Waals surface area contributed by atoms with Crippen LogP contribution in [0.3, 0.4) is 0 Å². The van der Waals surface area contributed by atoms with E-state index in [1.54, 1.807) is 0 Å². The van der Waals surface area contributed by atoms with Crippen molar-refractivity contribution in [2.24, 2.45) is 0 Å². The number of hydrogen-bond donors (Lipinski definition) is 0. The second kappa shape index (κ2) is 6.45. The van der Waals surface area contributed by atoms with E-state index in [1.165, 1.54) is 37.3 Å². The van der Waals surface area contributed by atoms with E-state index in [1.807, 2.05) is 0 Å². The van der Waals surface area contributed by atoms with Crippen molar-refractivity contribution in [2.75, 3.05) is 10.6 Å². The molecule has 0 atom stereocenters. The molecule has 2 rings (SSSR count). The average molecular weight is 339 g/mol. The van der Waals surface area contributed by atoms with Crippen LogP contribution in [0.25, 0.3) is 0 Å². The lowest BCUT2D eigenvalue weighted by Crippen LogP contribution is -2.29. The SMILES string of the molecule is CC(=O)c1ccc(N(Cc2ccc(F)c(F)c2)S(C)(=O)=O)cc1. The first-order valence-electron chi connectivity index (χ1n) is 6.71. The van der Waals surface area contributed by atoms with E-state index in [2.05, 4.69) is 0 Å². The molecule has 0 radical (unpaired) electrons. The van der Waals surface area contributed by atoms with E-state index in [0.717, 1.165) is 22.7 Å². The van der Waals surface area contributed by atoms with Crippen LogP contribution >= 0.6 is 0 Å². The molecular formula is C16H15F2NO3S. The van der Waals surface area contributed by atoms with Gasteiger partial charge in [-0.3, -0.25) is 9.10 Å². The van der Waals surface area contributed by atoms with Gasteiger partial charge in [-0.25, -0.2) is 17.2 Å². The smallest absolute Gasteiger partial charge is 0.232 e. The summed E-state index contributed by atoms with van der Waals surface area (Å²) in [5.74, 6) is -2.17. The first kappa shape index (κ1) is 17.1. The number of Topliss-reactive ketones (excluding diaryl/α,β-unsaturated/α-hetero) is 1. The molecule has 0 fully saturated rings. The van der Waals surface area contributed by atoms with E-state index in [9.17, 15) is 22.0 Å². The van der Waals surface area contributed by atoms with Crippen molar-refractivity contribution in [1.82, 2.24) is 0 Å². The number of nitrogens with zero attached hydrogens (tertiary/aromatic N) is 1. The van der Waals surface area contributed by atoms with Gasteiger partial charge in [0.05, 0.1) is 18.5 Å². The number of hydrogen-bond acceptors (Lipinski definition) is 3. The molecule has 0 aliphatic carbocycles. The van der Waals surface area contributed by atoms with Gasteiger partial charge in [-0.15, -0.1) is 0 Å². The number of carbonyl (C=O) groups is 1. The molecule has 122 valence electrons. The monoisotopic (exact) mass is 339 g/mol. The summed E-state index contributed by atoms with van der Waals surface area (Å²) >= 11 is 0. The minimum atomic E-state index is -3.64. The zero-order chi connectivity index (χ0) is 17.2. The van der Waals surface area contributed by atoms with Crippen molar-refractivity contribution in [3.8, 4) is 0 Å². The number of sulfonamides is 1. The van der Waals surface area contributed by atoms with Gasteiger partial charge in [0, 0.05) is 5.56 Å². The minimum absolute atomic E-state index is 0.136. The molecule has 2 aromatic carbocycles. The molecule has 0 saturated carbocycles. The summed E-state index contributed by atoms with van der Waals surface area (Å²) in [7, 11) is -3.64. The predicted octanol–water partition coefficient (Wildman–Crippen LogP) is 3.13. The first-order chi connectivity index (χ1) is 10.7. The van der Waals surface area contributed by atoms with Gasteiger partial charge in [0.2, 0.25) is 10.0 Å². The Morgan fingerprint density at radius 3 is 2.13 bits per heavy atom. The molecule has 0 saturated heterocycles. The van der Waals surface area contributed by atoms with Crippen molar-refractivity contribution in [1.29, 1.82) is 0 Å². The van der Waals surface area contributed by atoms with Crippen molar-refractivity contribution >= 4 is 21.5 Å².